The molecule has 1 heterocycles. The quantitative estimate of drug-likeness (QED) is 0.439. The molecule has 21 heavy (non-hydrogen) atoms. The van der Waals surface area contributed by atoms with E-state index in [0.717, 1.165) is 6.42 Å². The lowest BCUT2D eigenvalue weighted by molar-refractivity contribution is -0.111. The Morgan fingerprint density at radius 2 is 2.29 bits per heavy atom. The number of anilines is 1. The molecule has 6 nitrogen and oxygen atoms in total. The molecule has 1 aromatic rings. The first-order valence-electron chi connectivity index (χ1n) is 6.95. The highest BCUT2D eigenvalue weighted by molar-refractivity contribution is 6.29. The zero-order valence-electron chi connectivity index (χ0n) is 12.4. The molecule has 1 aliphatic carbocycles. The van der Waals surface area contributed by atoms with Gasteiger partial charge in [0.05, 0.1) is 6.10 Å². The Kier molecular flexibility index (Phi) is 4.70. The van der Waals surface area contributed by atoms with Crippen molar-refractivity contribution in [3.05, 3.63) is 22.8 Å². The molecule has 1 fully saturated rings. The first kappa shape index (κ1) is 16.0. The zero-order chi connectivity index (χ0) is 15.6. The first-order chi connectivity index (χ1) is 9.88. The van der Waals surface area contributed by atoms with Crippen LogP contribution in [0.25, 0.3) is 0 Å². The molecule has 1 amide bonds. The minimum absolute atomic E-state index is 0.0720. The minimum Gasteiger partial charge on any atom is -0.378 e. The summed E-state index contributed by atoms with van der Waals surface area (Å²) in [6.07, 6.45) is 0.989. The maximum atomic E-state index is 12.3. The molecule has 0 spiro atoms. The number of hydrogen-bond acceptors (Lipinski definition) is 5. The molecule has 0 saturated heterocycles. The summed E-state index contributed by atoms with van der Waals surface area (Å²) >= 11 is 5.87. The summed E-state index contributed by atoms with van der Waals surface area (Å²) in [4.78, 5) is 16.3. The smallest absolute Gasteiger partial charge is 0.251 e. The van der Waals surface area contributed by atoms with E-state index in [-0.39, 0.29) is 28.6 Å². The van der Waals surface area contributed by atoms with Gasteiger partial charge in [0.25, 0.3) is 5.91 Å². The van der Waals surface area contributed by atoms with E-state index in [2.05, 4.69) is 29.6 Å². The zero-order valence-corrected chi connectivity index (χ0v) is 13.2. The number of nitrogens with zero attached hydrogens (tertiary/aromatic N) is 1. The molecule has 1 aliphatic rings. The maximum Gasteiger partial charge on any atom is 0.251 e. The van der Waals surface area contributed by atoms with Crippen LogP contribution in [0.15, 0.2) is 12.1 Å². The van der Waals surface area contributed by atoms with Gasteiger partial charge in [-0.3, -0.25) is 4.79 Å². The molecule has 4 N–H and O–H groups in total. The van der Waals surface area contributed by atoms with Crippen LogP contribution in [0.2, 0.25) is 5.15 Å². The van der Waals surface area contributed by atoms with Crippen LogP contribution in [-0.2, 0) is 4.74 Å². The number of rotatable bonds is 5. The summed E-state index contributed by atoms with van der Waals surface area (Å²) in [5.41, 5.74) is 2.73. The van der Waals surface area contributed by atoms with Crippen molar-refractivity contribution in [3.63, 3.8) is 0 Å². The minimum atomic E-state index is -0.191. The van der Waals surface area contributed by atoms with Crippen LogP contribution in [0.5, 0.6) is 0 Å². The lowest BCUT2D eigenvalue weighted by Crippen LogP contribution is -2.62. The van der Waals surface area contributed by atoms with Gasteiger partial charge in [-0.25, -0.2) is 10.8 Å². The van der Waals surface area contributed by atoms with Crippen molar-refractivity contribution >= 4 is 23.3 Å². The van der Waals surface area contributed by atoms with Crippen LogP contribution in [0.1, 0.15) is 37.6 Å². The standard InChI is InChI=1S/C14H21ClN4O2/c1-4-21-10-7-9(14(10,2)3)17-13(20)8-5-11(15)18-12(6-8)19-16/h5-6,9-10H,4,7,16H2,1-3H3,(H,17,20)(H,18,19). The predicted molar refractivity (Wildman–Crippen MR) is 82.1 cm³/mol. The third-order valence-corrected chi connectivity index (χ3v) is 4.25. The molecule has 2 atom stereocenters. The molecule has 0 aliphatic heterocycles. The normalized spacial score (nSPS) is 23.3. The van der Waals surface area contributed by atoms with Crippen molar-refractivity contribution < 1.29 is 9.53 Å². The number of hydrazine groups is 1. The number of halogens is 1. The van der Waals surface area contributed by atoms with Crippen LogP contribution >= 0.6 is 11.6 Å². The molecule has 2 unspecified atom stereocenters. The Morgan fingerprint density at radius 3 is 2.86 bits per heavy atom. The molecule has 7 heteroatoms. The lowest BCUT2D eigenvalue weighted by Gasteiger charge is -2.51. The fraction of sp³-hybridized carbons (Fsp3) is 0.571. The second kappa shape index (κ2) is 6.17. The average molecular weight is 313 g/mol. The summed E-state index contributed by atoms with van der Waals surface area (Å²) in [5, 5.41) is 3.23. The highest BCUT2D eigenvalue weighted by atomic mass is 35.5. The van der Waals surface area contributed by atoms with Gasteiger partial charge in [-0.1, -0.05) is 25.4 Å². The Morgan fingerprint density at radius 1 is 1.57 bits per heavy atom. The Bertz CT molecular complexity index is 536. The van der Waals surface area contributed by atoms with Crippen molar-refractivity contribution in [2.24, 2.45) is 11.3 Å². The number of ether oxygens (including phenoxy) is 1. The second-order valence-corrected chi connectivity index (χ2v) is 6.12. The van der Waals surface area contributed by atoms with Gasteiger partial charge in [-0.15, -0.1) is 0 Å². The molecule has 0 radical (unpaired) electrons. The van der Waals surface area contributed by atoms with E-state index < -0.39 is 0 Å². The van der Waals surface area contributed by atoms with E-state index in [1.165, 1.54) is 6.07 Å². The molecule has 1 saturated carbocycles. The van der Waals surface area contributed by atoms with Crippen LogP contribution in [0.3, 0.4) is 0 Å². The van der Waals surface area contributed by atoms with Crippen LogP contribution < -0.4 is 16.6 Å². The molecule has 2 rings (SSSR count). The average Bonchev–Trinajstić information content (AvgIpc) is 2.45. The van der Waals surface area contributed by atoms with E-state index in [9.17, 15) is 4.79 Å². The van der Waals surface area contributed by atoms with E-state index >= 15 is 0 Å². The highest BCUT2D eigenvalue weighted by Crippen LogP contribution is 2.42. The van der Waals surface area contributed by atoms with Gasteiger partial charge in [-0.2, -0.15) is 0 Å². The van der Waals surface area contributed by atoms with Crippen LogP contribution in [0, 0.1) is 5.41 Å². The number of amides is 1. The second-order valence-electron chi connectivity index (χ2n) is 5.74. The van der Waals surface area contributed by atoms with Crippen LogP contribution in [0.4, 0.5) is 5.82 Å². The van der Waals surface area contributed by atoms with Crippen molar-refractivity contribution in [1.82, 2.24) is 10.3 Å². The summed E-state index contributed by atoms with van der Waals surface area (Å²) in [6.45, 7) is 6.84. The fourth-order valence-corrected chi connectivity index (χ4v) is 2.77. The number of nitrogen functional groups attached to an aromatic ring is 1. The van der Waals surface area contributed by atoms with Gasteiger partial charge < -0.3 is 15.5 Å². The Balaban J connectivity index is 2.04. The van der Waals surface area contributed by atoms with Gasteiger partial charge in [0, 0.05) is 23.6 Å². The van der Waals surface area contributed by atoms with Gasteiger partial charge in [-0.05, 0) is 25.5 Å². The Labute approximate surface area is 129 Å². The first-order valence-corrected chi connectivity index (χ1v) is 7.33. The number of nitrogens with two attached hydrogens (primary N) is 1. The largest absolute Gasteiger partial charge is 0.378 e. The maximum absolute atomic E-state index is 12.3. The molecular formula is C14H21ClN4O2. The summed E-state index contributed by atoms with van der Waals surface area (Å²) in [5.74, 6) is 5.47. The van der Waals surface area contributed by atoms with E-state index in [1.54, 1.807) is 6.07 Å². The summed E-state index contributed by atoms with van der Waals surface area (Å²) in [7, 11) is 0. The van der Waals surface area contributed by atoms with Crippen molar-refractivity contribution in [2.45, 2.75) is 39.3 Å². The van der Waals surface area contributed by atoms with Crippen molar-refractivity contribution in [1.29, 1.82) is 0 Å². The molecular weight excluding hydrogens is 292 g/mol. The topological polar surface area (TPSA) is 89.3 Å². The van der Waals surface area contributed by atoms with E-state index in [1.807, 2.05) is 6.92 Å². The van der Waals surface area contributed by atoms with Crippen LogP contribution in [-0.4, -0.2) is 29.6 Å². The lowest BCUT2D eigenvalue weighted by atomic mass is 9.64. The molecule has 116 valence electrons. The monoisotopic (exact) mass is 312 g/mol. The highest BCUT2D eigenvalue weighted by Gasteiger charge is 2.49. The van der Waals surface area contributed by atoms with Gasteiger partial charge in [0.15, 0.2) is 0 Å². The predicted octanol–water partition coefficient (Wildman–Crippen LogP) is 1.95. The third kappa shape index (κ3) is 3.28. The molecule has 0 bridgehead atoms. The number of carbonyl (C=O) groups is 1. The van der Waals surface area contributed by atoms with E-state index in [0.29, 0.717) is 18.0 Å². The SMILES string of the molecule is CCOC1CC(NC(=O)c2cc(Cl)nc(NN)c2)C1(C)C. The van der Waals surface area contributed by atoms with Gasteiger partial charge in [0.1, 0.15) is 11.0 Å². The van der Waals surface area contributed by atoms with Crippen molar-refractivity contribution in [3.8, 4) is 0 Å². The molecule has 0 aromatic carbocycles. The summed E-state index contributed by atoms with van der Waals surface area (Å²) in [6, 6.07) is 3.15. The number of nitrogens with one attached hydrogen (secondary N) is 2. The van der Waals surface area contributed by atoms with Gasteiger partial charge >= 0.3 is 0 Å². The third-order valence-electron chi connectivity index (χ3n) is 4.06. The number of carbonyl (C=O) groups excluding carboxylic acids is 1. The fourth-order valence-electron chi connectivity index (χ4n) is 2.56. The Hall–Kier alpha value is -1.37. The van der Waals surface area contributed by atoms with Gasteiger partial charge in [0.2, 0.25) is 0 Å². The van der Waals surface area contributed by atoms with E-state index in [4.69, 9.17) is 22.2 Å². The number of hydrogen-bond donors (Lipinski definition) is 3. The van der Waals surface area contributed by atoms with Crippen molar-refractivity contribution in [2.75, 3.05) is 12.0 Å². The number of aromatic nitrogens is 1. The number of pyridine rings is 1. The summed E-state index contributed by atoms with van der Waals surface area (Å²) < 4.78 is 5.66. The molecule has 1 aromatic heterocycles.